The molecule has 0 saturated carbocycles. The predicted octanol–water partition coefficient (Wildman–Crippen LogP) is 5.89. The highest BCUT2D eigenvalue weighted by molar-refractivity contribution is 6.31. The van der Waals surface area contributed by atoms with Crippen molar-refractivity contribution in [2.45, 2.75) is 19.4 Å². The van der Waals surface area contributed by atoms with E-state index in [0.717, 1.165) is 16.7 Å². The van der Waals surface area contributed by atoms with E-state index in [1.54, 1.807) is 0 Å². The second-order valence-electron chi connectivity index (χ2n) is 6.00. The zero-order valence-corrected chi connectivity index (χ0v) is 15.1. The van der Waals surface area contributed by atoms with Gasteiger partial charge in [-0.25, -0.2) is 0 Å². The van der Waals surface area contributed by atoms with Crippen LogP contribution in [-0.2, 0) is 5.60 Å². The number of aliphatic hydroxyl groups is 1. The van der Waals surface area contributed by atoms with E-state index in [4.69, 9.17) is 23.2 Å². The normalized spacial score (nSPS) is 11.5. The van der Waals surface area contributed by atoms with Gasteiger partial charge in [-0.2, -0.15) is 0 Å². The molecule has 0 aromatic heterocycles. The van der Waals surface area contributed by atoms with Crippen LogP contribution in [0.2, 0.25) is 10.0 Å². The van der Waals surface area contributed by atoms with Gasteiger partial charge in [0, 0.05) is 10.0 Å². The molecule has 3 aromatic carbocycles. The summed E-state index contributed by atoms with van der Waals surface area (Å²) in [4.78, 5) is 0. The van der Waals surface area contributed by atoms with Gasteiger partial charge >= 0.3 is 0 Å². The highest BCUT2D eigenvalue weighted by atomic mass is 35.5. The maximum absolute atomic E-state index is 11.7. The fourth-order valence-electron chi connectivity index (χ4n) is 2.82. The lowest BCUT2D eigenvalue weighted by molar-refractivity contribution is 0.125. The van der Waals surface area contributed by atoms with E-state index in [-0.39, 0.29) is 0 Å². The Hall–Kier alpha value is -1.80. The molecule has 0 aliphatic heterocycles. The van der Waals surface area contributed by atoms with Crippen LogP contribution in [0.3, 0.4) is 0 Å². The lowest BCUT2D eigenvalue weighted by atomic mass is 9.80. The maximum Gasteiger partial charge on any atom is 0.140 e. The number of rotatable bonds is 3. The molecule has 1 N–H and O–H groups in total. The van der Waals surface area contributed by atoms with Gasteiger partial charge in [0.2, 0.25) is 0 Å². The molecule has 0 unspecified atom stereocenters. The Bertz CT molecular complexity index is 821. The van der Waals surface area contributed by atoms with E-state index in [9.17, 15) is 5.11 Å². The van der Waals surface area contributed by atoms with Crippen LogP contribution >= 0.6 is 23.2 Å². The van der Waals surface area contributed by atoms with E-state index in [0.29, 0.717) is 21.2 Å². The first-order valence-corrected chi connectivity index (χ1v) is 8.49. The summed E-state index contributed by atoms with van der Waals surface area (Å²) < 4.78 is 0. The van der Waals surface area contributed by atoms with E-state index in [1.165, 1.54) is 0 Å². The highest BCUT2D eigenvalue weighted by Gasteiger charge is 2.34. The molecular weight excluding hydrogens is 339 g/mol. The molecule has 0 saturated heterocycles. The topological polar surface area (TPSA) is 20.2 Å². The third-order valence-corrected chi connectivity index (χ3v) is 5.19. The Balaban J connectivity index is 2.28. The fourth-order valence-corrected chi connectivity index (χ4v) is 3.18. The van der Waals surface area contributed by atoms with Crippen molar-refractivity contribution in [1.29, 1.82) is 0 Å². The average molecular weight is 357 g/mol. The van der Waals surface area contributed by atoms with Crippen molar-refractivity contribution in [3.63, 3.8) is 0 Å². The summed E-state index contributed by atoms with van der Waals surface area (Å²) in [5.41, 5.74) is 2.81. The summed E-state index contributed by atoms with van der Waals surface area (Å²) in [5, 5.41) is 13.0. The van der Waals surface area contributed by atoms with Gasteiger partial charge in [-0.3, -0.25) is 0 Å². The van der Waals surface area contributed by atoms with Crippen LogP contribution in [0.5, 0.6) is 0 Å². The molecule has 0 spiro atoms. The first-order chi connectivity index (χ1) is 11.4. The molecule has 3 rings (SSSR count). The van der Waals surface area contributed by atoms with Crippen LogP contribution < -0.4 is 0 Å². The summed E-state index contributed by atoms with van der Waals surface area (Å²) in [6.07, 6.45) is 0. The van der Waals surface area contributed by atoms with Gasteiger partial charge in [0.05, 0.1) is 0 Å². The van der Waals surface area contributed by atoms with Gasteiger partial charge in [0.15, 0.2) is 0 Å². The van der Waals surface area contributed by atoms with Crippen LogP contribution in [0.4, 0.5) is 0 Å². The number of hydrogen-bond acceptors (Lipinski definition) is 1. The smallest absolute Gasteiger partial charge is 0.140 e. The molecule has 0 bridgehead atoms. The fraction of sp³-hybridized carbons (Fsp3) is 0.143. The maximum atomic E-state index is 11.7. The minimum atomic E-state index is -1.32. The largest absolute Gasteiger partial charge is 0.376 e. The van der Waals surface area contributed by atoms with E-state index >= 15 is 0 Å². The molecule has 0 atom stereocenters. The zero-order chi connectivity index (χ0) is 17.3. The van der Waals surface area contributed by atoms with Crippen molar-refractivity contribution in [3.8, 4) is 0 Å². The highest BCUT2D eigenvalue weighted by Crippen LogP contribution is 2.39. The zero-order valence-electron chi connectivity index (χ0n) is 13.6. The number of aryl methyl sites for hydroxylation is 2. The first-order valence-electron chi connectivity index (χ1n) is 7.74. The summed E-state index contributed by atoms with van der Waals surface area (Å²) >= 11 is 12.6. The molecular formula is C21H18Cl2O. The molecule has 0 fully saturated rings. The SMILES string of the molecule is Cc1ccc(C(O)(c2ccccc2)c2ccc(C)c(Cl)c2)cc1Cl. The van der Waals surface area contributed by atoms with Gasteiger partial charge in [-0.15, -0.1) is 0 Å². The van der Waals surface area contributed by atoms with Gasteiger partial charge in [0.25, 0.3) is 0 Å². The molecule has 24 heavy (non-hydrogen) atoms. The minimum Gasteiger partial charge on any atom is -0.376 e. The Morgan fingerprint density at radius 2 is 1.12 bits per heavy atom. The van der Waals surface area contributed by atoms with Crippen molar-refractivity contribution < 1.29 is 5.11 Å². The molecule has 0 aliphatic rings. The van der Waals surface area contributed by atoms with Crippen molar-refractivity contribution >= 4 is 23.2 Å². The van der Waals surface area contributed by atoms with Crippen LogP contribution in [0.1, 0.15) is 27.8 Å². The van der Waals surface area contributed by atoms with Gasteiger partial charge in [0.1, 0.15) is 5.60 Å². The lowest BCUT2D eigenvalue weighted by Gasteiger charge is -2.31. The monoisotopic (exact) mass is 356 g/mol. The minimum absolute atomic E-state index is 0.625. The van der Waals surface area contributed by atoms with Crippen LogP contribution in [0.15, 0.2) is 66.7 Å². The van der Waals surface area contributed by atoms with E-state index < -0.39 is 5.60 Å². The van der Waals surface area contributed by atoms with Crippen LogP contribution in [0.25, 0.3) is 0 Å². The number of benzene rings is 3. The summed E-state index contributed by atoms with van der Waals surface area (Å²) in [6.45, 7) is 3.88. The number of halogens is 2. The van der Waals surface area contributed by atoms with E-state index in [1.807, 2.05) is 80.6 Å². The average Bonchev–Trinajstić information content (AvgIpc) is 2.60. The molecule has 3 heteroatoms. The molecule has 0 amide bonds. The van der Waals surface area contributed by atoms with Crippen molar-refractivity contribution in [2.24, 2.45) is 0 Å². The Morgan fingerprint density at radius 3 is 1.54 bits per heavy atom. The van der Waals surface area contributed by atoms with Gasteiger partial charge in [-0.05, 0) is 53.8 Å². The van der Waals surface area contributed by atoms with Gasteiger partial charge in [-0.1, -0.05) is 77.8 Å². The predicted molar refractivity (Wildman–Crippen MR) is 101 cm³/mol. The molecule has 1 nitrogen and oxygen atoms in total. The van der Waals surface area contributed by atoms with Crippen LogP contribution in [-0.4, -0.2) is 5.11 Å². The van der Waals surface area contributed by atoms with Crippen molar-refractivity contribution in [2.75, 3.05) is 0 Å². The molecule has 0 heterocycles. The quantitative estimate of drug-likeness (QED) is 0.579. The van der Waals surface area contributed by atoms with Crippen LogP contribution in [0, 0.1) is 13.8 Å². The first kappa shape index (κ1) is 17.0. The summed E-state index contributed by atoms with van der Waals surface area (Å²) in [7, 11) is 0. The summed E-state index contributed by atoms with van der Waals surface area (Å²) in [5.74, 6) is 0. The van der Waals surface area contributed by atoms with E-state index in [2.05, 4.69) is 0 Å². The summed E-state index contributed by atoms with van der Waals surface area (Å²) in [6, 6.07) is 20.8. The second-order valence-corrected chi connectivity index (χ2v) is 6.82. The third kappa shape index (κ3) is 2.95. The second kappa shape index (κ2) is 6.60. The molecule has 3 aromatic rings. The van der Waals surface area contributed by atoms with Gasteiger partial charge < -0.3 is 5.11 Å². The van der Waals surface area contributed by atoms with Crippen molar-refractivity contribution in [3.05, 3.63) is 105 Å². The molecule has 0 radical (unpaired) electrons. The Morgan fingerprint density at radius 1 is 0.667 bits per heavy atom. The van der Waals surface area contributed by atoms with Crippen molar-refractivity contribution in [1.82, 2.24) is 0 Å². The third-order valence-electron chi connectivity index (χ3n) is 4.37. The Labute approximate surface area is 152 Å². The molecule has 122 valence electrons. The molecule has 0 aliphatic carbocycles. The standard InChI is InChI=1S/C21H18Cl2O/c1-14-8-10-17(12-19(14)22)21(24,16-6-4-3-5-7-16)18-11-9-15(2)20(23)13-18/h3-13,24H,1-2H3. The lowest BCUT2D eigenvalue weighted by Crippen LogP contribution is -2.29. The Kier molecular flexibility index (Phi) is 4.69. The number of hydrogen-bond donors (Lipinski definition) is 1.